The van der Waals surface area contributed by atoms with Crippen molar-refractivity contribution in [2.24, 2.45) is 0 Å². The van der Waals surface area contributed by atoms with Gasteiger partial charge >= 0.3 is 11.9 Å². The predicted molar refractivity (Wildman–Crippen MR) is 97.6 cm³/mol. The Balaban J connectivity index is 0.000000352. The van der Waals surface area contributed by atoms with E-state index < -0.39 is 11.9 Å². The summed E-state index contributed by atoms with van der Waals surface area (Å²) in [6, 6.07) is 18.6. The molecule has 0 aromatic heterocycles. The third-order valence-corrected chi connectivity index (χ3v) is 4.22. The zero-order valence-electron chi connectivity index (χ0n) is 14.2. The Bertz CT molecular complexity index is 735. The maximum absolute atomic E-state index is 9.10. The van der Waals surface area contributed by atoms with E-state index in [0.717, 1.165) is 23.9 Å². The summed E-state index contributed by atoms with van der Waals surface area (Å²) in [4.78, 5) is 20.6. The normalized spacial score (nSPS) is 15.2. The van der Waals surface area contributed by atoms with Crippen molar-refractivity contribution in [2.45, 2.75) is 19.1 Å². The Kier molecular flexibility index (Phi) is 7.00. The van der Waals surface area contributed by atoms with Crippen LogP contribution in [0.15, 0.2) is 54.6 Å². The van der Waals surface area contributed by atoms with Gasteiger partial charge < -0.3 is 14.9 Å². The lowest BCUT2D eigenvalue weighted by molar-refractivity contribution is -0.159. The van der Waals surface area contributed by atoms with Gasteiger partial charge in [-0.2, -0.15) is 0 Å². The molecule has 1 aliphatic rings. The second kappa shape index (κ2) is 9.22. The largest absolute Gasteiger partial charge is 0.488 e. The number of benzene rings is 2. The second-order valence-corrected chi connectivity index (χ2v) is 6.28. The van der Waals surface area contributed by atoms with Crippen molar-refractivity contribution in [2.75, 3.05) is 13.1 Å². The van der Waals surface area contributed by atoms with Gasteiger partial charge in [-0.25, -0.2) is 9.59 Å². The molecule has 1 aliphatic heterocycles. The first-order valence-corrected chi connectivity index (χ1v) is 8.42. The molecule has 1 atom stereocenters. The van der Waals surface area contributed by atoms with Gasteiger partial charge in [-0.1, -0.05) is 48.0 Å². The minimum absolute atomic E-state index is 0.264. The van der Waals surface area contributed by atoms with Gasteiger partial charge in [0.1, 0.15) is 11.9 Å². The van der Waals surface area contributed by atoms with E-state index in [4.69, 9.17) is 36.1 Å². The fourth-order valence-electron chi connectivity index (χ4n) is 2.54. The average molecular weight is 378 g/mol. The molecule has 0 saturated carbocycles. The van der Waals surface area contributed by atoms with Crippen molar-refractivity contribution in [1.82, 2.24) is 4.90 Å². The number of carboxylic acid groups (broad SMARTS) is 2. The lowest BCUT2D eigenvalue weighted by Crippen LogP contribution is -2.54. The van der Waals surface area contributed by atoms with Crippen molar-refractivity contribution >= 4 is 23.5 Å². The topological polar surface area (TPSA) is 87.1 Å². The first-order valence-electron chi connectivity index (χ1n) is 8.04. The van der Waals surface area contributed by atoms with Crippen LogP contribution in [0.2, 0.25) is 5.02 Å². The van der Waals surface area contributed by atoms with Gasteiger partial charge in [0.2, 0.25) is 0 Å². The van der Waals surface area contributed by atoms with E-state index in [1.165, 1.54) is 5.56 Å². The molecular weight excluding hydrogens is 358 g/mol. The zero-order valence-corrected chi connectivity index (χ0v) is 15.0. The lowest BCUT2D eigenvalue weighted by atomic mass is 10.0. The fourth-order valence-corrected chi connectivity index (χ4v) is 2.72. The number of ether oxygens (including phenoxy) is 1. The van der Waals surface area contributed by atoms with E-state index in [-0.39, 0.29) is 6.10 Å². The van der Waals surface area contributed by atoms with Gasteiger partial charge in [-0.05, 0) is 30.7 Å². The van der Waals surface area contributed by atoms with Gasteiger partial charge in [0.25, 0.3) is 0 Å². The van der Waals surface area contributed by atoms with Gasteiger partial charge in [0, 0.05) is 24.2 Å². The van der Waals surface area contributed by atoms with Crippen LogP contribution in [-0.4, -0.2) is 46.2 Å². The van der Waals surface area contributed by atoms with Gasteiger partial charge in [0.15, 0.2) is 0 Å². The Labute approximate surface area is 156 Å². The van der Waals surface area contributed by atoms with Crippen molar-refractivity contribution in [3.63, 3.8) is 0 Å². The summed E-state index contributed by atoms with van der Waals surface area (Å²) >= 11 is 5.96. The van der Waals surface area contributed by atoms with E-state index in [1.54, 1.807) is 0 Å². The van der Waals surface area contributed by atoms with Gasteiger partial charge in [0.05, 0.1) is 0 Å². The highest BCUT2D eigenvalue weighted by molar-refractivity contribution is 6.30. The molecule has 7 heteroatoms. The van der Waals surface area contributed by atoms with Crippen LogP contribution < -0.4 is 4.74 Å². The summed E-state index contributed by atoms with van der Waals surface area (Å²) in [5.41, 5.74) is 1.36. The number of hydrogen-bond donors (Lipinski definition) is 2. The number of likely N-dealkylation sites (tertiary alicyclic amines) is 1. The van der Waals surface area contributed by atoms with E-state index in [1.807, 2.05) is 24.3 Å². The molecule has 1 saturated heterocycles. The second-order valence-electron chi connectivity index (χ2n) is 5.85. The van der Waals surface area contributed by atoms with Crippen molar-refractivity contribution in [3.8, 4) is 5.75 Å². The third-order valence-electron chi connectivity index (χ3n) is 3.99. The summed E-state index contributed by atoms with van der Waals surface area (Å²) in [6.07, 6.45) is 0.264. The van der Waals surface area contributed by atoms with E-state index in [2.05, 4.69) is 42.2 Å². The highest BCUT2D eigenvalue weighted by Crippen LogP contribution is 2.28. The number of halogens is 1. The molecule has 3 rings (SSSR count). The monoisotopic (exact) mass is 377 g/mol. The number of hydrogen-bond acceptors (Lipinski definition) is 4. The highest BCUT2D eigenvalue weighted by Gasteiger charge is 2.32. The molecule has 0 bridgehead atoms. The molecule has 1 heterocycles. The van der Waals surface area contributed by atoms with E-state index >= 15 is 0 Å². The molecule has 6 nitrogen and oxygen atoms in total. The number of carboxylic acids is 2. The molecule has 0 aliphatic carbocycles. The maximum Gasteiger partial charge on any atom is 0.414 e. The van der Waals surface area contributed by atoms with Crippen molar-refractivity contribution in [1.29, 1.82) is 0 Å². The lowest BCUT2D eigenvalue weighted by Gasteiger charge is -2.43. The van der Waals surface area contributed by atoms with Crippen LogP contribution in [0.1, 0.15) is 18.5 Å². The Morgan fingerprint density at radius 1 is 1.08 bits per heavy atom. The molecule has 26 heavy (non-hydrogen) atoms. The average Bonchev–Trinajstić information content (AvgIpc) is 2.58. The Morgan fingerprint density at radius 3 is 2.23 bits per heavy atom. The van der Waals surface area contributed by atoms with Crippen LogP contribution in [0, 0.1) is 0 Å². The first kappa shape index (κ1) is 19.8. The molecule has 2 aromatic carbocycles. The SMILES string of the molecule is CC(c1ccccc1)N1CC(Oc2cccc(Cl)c2)C1.O=C(O)C(=O)O. The van der Waals surface area contributed by atoms with E-state index in [9.17, 15) is 0 Å². The van der Waals surface area contributed by atoms with Crippen LogP contribution in [-0.2, 0) is 9.59 Å². The predicted octanol–water partition coefficient (Wildman–Crippen LogP) is 3.32. The van der Waals surface area contributed by atoms with Crippen molar-refractivity contribution in [3.05, 3.63) is 65.2 Å². The molecular formula is C19H20ClNO5. The van der Waals surface area contributed by atoms with Crippen LogP contribution in [0.5, 0.6) is 5.75 Å². The Morgan fingerprint density at radius 2 is 1.69 bits per heavy atom. The first-order chi connectivity index (χ1) is 12.4. The number of carbonyl (C=O) groups is 2. The summed E-state index contributed by atoms with van der Waals surface area (Å²) in [5, 5.41) is 15.5. The summed E-state index contributed by atoms with van der Waals surface area (Å²) in [6.45, 7) is 4.16. The minimum Gasteiger partial charge on any atom is -0.488 e. The minimum atomic E-state index is -1.82. The highest BCUT2D eigenvalue weighted by atomic mass is 35.5. The van der Waals surface area contributed by atoms with Gasteiger partial charge in [-0.3, -0.25) is 4.90 Å². The molecule has 2 aromatic rings. The third kappa shape index (κ3) is 5.75. The van der Waals surface area contributed by atoms with Crippen molar-refractivity contribution < 1.29 is 24.5 Å². The molecule has 0 amide bonds. The molecule has 2 N–H and O–H groups in total. The molecule has 0 spiro atoms. The summed E-state index contributed by atoms with van der Waals surface area (Å²) in [7, 11) is 0. The number of aliphatic carboxylic acids is 2. The standard InChI is InChI=1S/C17H18ClNO.C2H2O4/c1-13(14-6-3-2-4-7-14)19-11-17(12-19)20-16-9-5-8-15(18)10-16;3-1(4)2(5)6/h2-10,13,17H,11-12H2,1H3;(H,3,4)(H,5,6). The van der Waals surface area contributed by atoms with E-state index in [0.29, 0.717) is 6.04 Å². The Hall–Kier alpha value is -2.57. The van der Waals surface area contributed by atoms with Crippen LogP contribution in [0.4, 0.5) is 0 Å². The molecule has 138 valence electrons. The number of nitrogens with zero attached hydrogens (tertiary/aromatic N) is 1. The molecule has 1 fully saturated rings. The fraction of sp³-hybridized carbons (Fsp3) is 0.263. The quantitative estimate of drug-likeness (QED) is 0.795. The smallest absolute Gasteiger partial charge is 0.414 e. The van der Waals surface area contributed by atoms with Crippen LogP contribution in [0.3, 0.4) is 0 Å². The molecule has 1 unspecified atom stereocenters. The maximum atomic E-state index is 9.10. The molecule has 0 radical (unpaired) electrons. The van der Waals surface area contributed by atoms with Gasteiger partial charge in [-0.15, -0.1) is 0 Å². The van der Waals surface area contributed by atoms with Crippen LogP contribution in [0.25, 0.3) is 0 Å². The summed E-state index contributed by atoms with van der Waals surface area (Å²) < 4.78 is 5.92. The summed E-state index contributed by atoms with van der Waals surface area (Å²) in [5.74, 6) is -2.79. The van der Waals surface area contributed by atoms with Crippen LogP contribution >= 0.6 is 11.6 Å². The zero-order chi connectivity index (χ0) is 19.1. The number of rotatable bonds is 4.